The summed E-state index contributed by atoms with van der Waals surface area (Å²) in [6.45, 7) is 6.30. The predicted octanol–water partition coefficient (Wildman–Crippen LogP) is 4.08. The predicted molar refractivity (Wildman–Crippen MR) is 67.6 cm³/mol. The van der Waals surface area contributed by atoms with Crippen LogP contribution >= 0.6 is 15.9 Å². The molecular formula is C13H15BrO. The highest BCUT2D eigenvalue weighted by Gasteiger charge is 2.18. The monoisotopic (exact) mass is 266 g/mol. The Morgan fingerprint density at radius 3 is 2.13 bits per heavy atom. The highest BCUT2D eigenvalue weighted by Crippen LogP contribution is 2.33. The molecule has 0 unspecified atom stereocenters. The first-order valence-electron chi connectivity index (χ1n) is 4.87. The molecule has 0 aliphatic rings. The van der Waals surface area contributed by atoms with Gasteiger partial charge in [-0.1, -0.05) is 48.8 Å². The van der Waals surface area contributed by atoms with Crippen molar-refractivity contribution in [3.63, 3.8) is 0 Å². The molecule has 15 heavy (non-hydrogen) atoms. The largest absolute Gasteiger partial charge is 0.299 e. The van der Waals surface area contributed by atoms with E-state index in [1.54, 1.807) is 6.08 Å². The Kier molecular flexibility index (Phi) is 3.86. The van der Waals surface area contributed by atoms with Crippen LogP contribution in [0.4, 0.5) is 0 Å². The van der Waals surface area contributed by atoms with Gasteiger partial charge in [-0.2, -0.15) is 0 Å². The van der Waals surface area contributed by atoms with Gasteiger partial charge in [0.1, 0.15) is 6.29 Å². The van der Waals surface area contributed by atoms with Crippen molar-refractivity contribution in [1.82, 2.24) is 0 Å². The minimum atomic E-state index is -0.0191. The molecule has 0 saturated heterocycles. The van der Waals surface area contributed by atoms with Gasteiger partial charge in [0.2, 0.25) is 0 Å². The van der Waals surface area contributed by atoms with Gasteiger partial charge < -0.3 is 0 Å². The standard InChI is InChI=1S/C13H15BrO/c1-13(2,3)12(8-9-15)10-4-6-11(14)7-5-10/h4-9H,1-3H3/b12-8+. The van der Waals surface area contributed by atoms with Gasteiger partial charge in [0.15, 0.2) is 0 Å². The fraction of sp³-hybridized carbons (Fsp3) is 0.308. The molecule has 0 atom stereocenters. The van der Waals surface area contributed by atoms with E-state index in [1.807, 2.05) is 24.3 Å². The second-order valence-electron chi connectivity index (χ2n) is 4.47. The first kappa shape index (κ1) is 12.2. The van der Waals surface area contributed by atoms with Crippen LogP contribution in [0.3, 0.4) is 0 Å². The summed E-state index contributed by atoms with van der Waals surface area (Å²) in [4.78, 5) is 10.6. The normalized spacial score (nSPS) is 12.7. The summed E-state index contributed by atoms with van der Waals surface area (Å²) in [6, 6.07) is 8.01. The Balaban J connectivity index is 3.17. The van der Waals surface area contributed by atoms with Crippen LogP contribution in [0.1, 0.15) is 26.3 Å². The summed E-state index contributed by atoms with van der Waals surface area (Å²) in [6.07, 6.45) is 2.49. The quantitative estimate of drug-likeness (QED) is 0.583. The first-order valence-corrected chi connectivity index (χ1v) is 5.66. The van der Waals surface area contributed by atoms with Crippen LogP contribution in [0.2, 0.25) is 0 Å². The molecule has 0 spiro atoms. The number of carbonyl (C=O) groups excluding carboxylic acids is 1. The zero-order chi connectivity index (χ0) is 11.5. The van der Waals surface area contributed by atoms with Crippen LogP contribution in [-0.2, 0) is 4.79 Å². The minimum absolute atomic E-state index is 0.0191. The van der Waals surface area contributed by atoms with Crippen LogP contribution < -0.4 is 0 Å². The van der Waals surface area contributed by atoms with E-state index in [2.05, 4.69) is 36.7 Å². The molecule has 0 aliphatic carbocycles. The van der Waals surface area contributed by atoms with Gasteiger partial charge in [-0.05, 0) is 34.8 Å². The maximum Gasteiger partial charge on any atom is 0.143 e. The zero-order valence-electron chi connectivity index (χ0n) is 9.25. The third-order valence-corrected chi connectivity index (χ3v) is 2.73. The van der Waals surface area contributed by atoms with Crippen molar-refractivity contribution in [3.05, 3.63) is 40.4 Å². The molecular weight excluding hydrogens is 252 g/mol. The van der Waals surface area contributed by atoms with Gasteiger partial charge in [0.05, 0.1) is 0 Å². The summed E-state index contributed by atoms with van der Waals surface area (Å²) in [5, 5.41) is 0. The molecule has 0 bridgehead atoms. The van der Waals surface area contributed by atoms with Crippen LogP contribution in [0.15, 0.2) is 34.8 Å². The average molecular weight is 267 g/mol. The highest BCUT2D eigenvalue weighted by molar-refractivity contribution is 9.10. The Morgan fingerprint density at radius 2 is 1.73 bits per heavy atom. The summed E-state index contributed by atoms with van der Waals surface area (Å²) in [5.41, 5.74) is 2.14. The van der Waals surface area contributed by atoms with E-state index in [4.69, 9.17) is 0 Å². The Labute approximate surface area is 99.3 Å². The van der Waals surface area contributed by atoms with Crippen LogP contribution in [0.25, 0.3) is 5.57 Å². The van der Waals surface area contributed by atoms with E-state index in [0.29, 0.717) is 0 Å². The molecule has 0 heterocycles. The van der Waals surface area contributed by atoms with Crippen molar-refractivity contribution in [2.45, 2.75) is 20.8 Å². The molecule has 1 aromatic rings. The highest BCUT2D eigenvalue weighted by atomic mass is 79.9. The molecule has 80 valence electrons. The van der Waals surface area contributed by atoms with E-state index in [0.717, 1.165) is 21.9 Å². The lowest BCUT2D eigenvalue weighted by atomic mass is 9.82. The zero-order valence-corrected chi connectivity index (χ0v) is 10.8. The smallest absolute Gasteiger partial charge is 0.143 e. The molecule has 0 saturated carbocycles. The van der Waals surface area contributed by atoms with E-state index in [9.17, 15) is 4.79 Å². The summed E-state index contributed by atoms with van der Waals surface area (Å²) in [5.74, 6) is 0. The van der Waals surface area contributed by atoms with E-state index in [1.165, 1.54) is 0 Å². The second-order valence-corrected chi connectivity index (χ2v) is 5.39. The van der Waals surface area contributed by atoms with E-state index < -0.39 is 0 Å². The number of allylic oxidation sites excluding steroid dienone is 2. The topological polar surface area (TPSA) is 17.1 Å². The van der Waals surface area contributed by atoms with E-state index >= 15 is 0 Å². The van der Waals surface area contributed by atoms with Crippen LogP contribution in [0, 0.1) is 5.41 Å². The maximum absolute atomic E-state index is 10.6. The molecule has 1 nitrogen and oxygen atoms in total. The molecule has 0 aromatic heterocycles. The SMILES string of the molecule is CC(C)(C)/C(=C/C=O)c1ccc(Br)cc1. The summed E-state index contributed by atoms with van der Waals surface area (Å²) >= 11 is 3.40. The number of carbonyl (C=O) groups is 1. The molecule has 0 aliphatic heterocycles. The molecule has 0 amide bonds. The van der Waals surface area contributed by atoms with Crippen molar-refractivity contribution in [3.8, 4) is 0 Å². The van der Waals surface area contributed by atoms with Crippen molar-refractivity contribution in [2.75, 3.05) is 0 Å². The van der Waals surface area contributed by atoms with E-state index in [-0.39, 0.29) is 5.41 Å². The number of benzene rings is 1. The first-order chi connectivity index (χ1) is 6.95. The lowest BCUT2D eigenvalue weighted by molar-refractivity contribution is -0.104. The lowest BCUT2D eigenvalue weighted by Gasteiger charge is -2.22. The molecule has 0 fully saturated rings. The summed E-state index contributed by atoms with van der Waals surface area (Å²) in [7, 11) is 0. The van der Waals surface area contributed by atoms with Gasteiger partial charge in [-0.3, -0.25) is 4.79 Å². The molecule has 2 heteroatoms. The average Bonchev–Trinajstić information content (AvgIpc) is 2.14. The molecule has 1 aromatic carbocycles. The number of hydrogen-bond donors (Lipinski definition) is 0. The van der Waals surface area contributed by atoms with Crippen molar-refractivity contribution < 1.29 is 4.79 Å². The Bertz CT molecular complexity index is 369. The van der Waals surface area contributed by atoms with Gasteiger partial charge in [0, 0.05) is 4.47 Å². The minimum Gasteiger partial charge on any atom is -0.299 e. The fourth-order valence-electron chi connectivity index (χ4n) is 1.48. The van der Waals surface area contributed by atoms with Gasteiger partial charge in [-0.15, -0.1) is 0 Å². The van der Waals surface area contributed by atoms with Gasteiger partial charge in [-0.25, -0.2) is 0 Å². The van der Waals surface area contributed by atoms with Crippen molar-refractivity contribution in [2.24, 2.45) is 5.41 Å². The number of rotatable bonds is 2. The lowest BCUT2D eigenvalue weighted by Crippen LogP contribution is -2.08. The molecule has 0 radical (unpaired) electrons. The third-order valence-electron chi connectivity index (χ3n) is 2.20. The number of hydrogen-bond acceptors (Lipinski definition) is 1. The summed E-state index contributed by atoms with van der Waals surface area (Å²) < 4.78 is 1.05. The molecule has 0 N–H and O–H groups in total. The van der Waals surface area contributed by atoms with Crippen molar-refractivity contribution >= 4 is 27.8 Å². The fourth-order valence-corrected chi connectivity index (χ4v) is 1.74. The van der Waals surface area contributed by atoms with Gasteiger partial charge >= 0.3 is 0 Å². The number of halogens is 1. The van der Waals surface area contributed by atoms with Crippen LogP contribution in [-0.4, -0.2) is 6.29 Å². The second kappa shape index (κ2) is 4.75. The third kappa shape index (κ3) is 3.31. The van der Waals surface area contributed by atoms with Crippen molar-refractivity contribution in [1.29, 1.82) is 0 Å². The van der Waals surface area contributed by atoms with Crippen LogP contribution in [0.5, 0.6) is 0 Å². The Morgan fingerprint density at radius 1 is 1.20 bits per heavy atom. The number of aldehydes is 1. The Hall–Kier alpha value is -0.890. The maximum atomic E-state index is 10.6. The molecule has 1 rings (SSSR count). The van der Waals surface area contributed by atoms with Gasteiger partial charge in [0.25, 0.3) is 0 Å².